The molecule has 2 rings (SSSR count). The van der Waals surface area contributed by atoms with E-state index in [-0.39, 0.29) is 23.8 Å². The summed E-state index contributed by atoms with van der Waals surface area (Å²) >= 11 is 0. The highest BCUT2D eigenvalue weighted by atomic mass is 16.2. The molecule has 0 spiro atoms. The van der Waals surface area contributed by atoms with Gasteiger partial charge in [0.2, 0.25) is 5.91 Å². The van der Waals surface area contributed by atoms with Crippen LogP contribution in [0.5, 0.6) is 0 Å². The summed E-state index contributed by atoms with van der Waals surface area (Å²) < 4.78 is 0. The zero-order chi connectivity index (χ0) is 16.7. The van der Waals surface area contributed by atoms with E-state index >= 15 is 0 Å². The summed E-state index contributed by atoms with van der Waals surface area (Å²) in [5.41, 5.74) is 1.16. The molecule has 0 aromatic heterocycles. The topological polar surface area (TPSA) is 58.2 Å². The fourth-order valence-corrected chi connectivity index (χ4v) is 3.19. The minimum Gasteiger partial charge on any atom is -0.349 e. The maximum absolute atomic E-state index is 12.6. The van der Waals surface area contributed by atoms with Crippen molar-refractivity contribution in [3.8, 4) is 0 Å². The molecule has 2 amide bonds. The fourth-order valence-electron chi connectivity index (χ4n) is 3.19. The molecule has 4 heteroatoms. The molecule has 1 aliphatic rings. The van der Waals surface area contributed by atoms with Crippen LogP contribution in [0.25, 0.3) is 0 Å². The van der Waals surface area contributed by atoms with E-state index in [0.29, 0.717) is 11.3 Å². The van der Waals surface area contributed by atoms with Crippen LogP contribution in [0, 0.1) is 5.92 Å². The first-order valence-corrected chi connectivity index (χ1v) is 8.86. The summed E-state index contributed by atoms with van der Waals surface area (Å²) in [6.45, 7) is 4.02. The lowest BCUT2D eigenvalue weighted by Gasteiger charge is -2.23. The van der Waals surface area contributed by atoms with Crippen LogP contribution in [-0.2, 0) is 4.79 Å². The van der Waals surface area contributed by atoms with Gasteiger partial charge in [0.05, 0.1) is 11.3 Å². The number of para-hydroxylation sites is 1. The maximum Gasteiger partial charge on any atom is 0.253 e. The smallest absolute Gasteiger partial charge is 0.253 e. The van der Waals surface area contributed by atoms with Crippen LogP contribution in [0.2, 0.25) is 0 Å². The second kappa shape index (κ2) is 8.70. The average Bonchev–Trinajstić information content (AvgIpc) is 2.57. The van der Waals surface area contributed by atoms with Gasteiger partial charge >= 0.3 is 0 Å². The number of nitrogens with one attached hydrogen (secondary N) is 2. The Bertz CT molecular complexity index is 532. The van der Waals surface area contributed by atoms with Crippen LogP contribution >= 0.6 is 0 Å². The minimum absolute atomic E-state index is 0.00656. The third-order valence-electron chi connectivity index (χ3n) is 4.73. The molecular formula is C19H28N2O2. The van der Waals surface area contributed by atoms with Crippen LogP contribution in [0.3, 0.4) is 0 Å². The van der Waals surface area contributed by atoms with Crippen molar-refractivity contribution in [2.45, 2.75) is 64.8 Å². The number of hydrogen-bond acceptors (Lipinski definition) is 2. The van der Waals surface area contributed by atoms with Crippen molar-refractivity contribution in [1.29, 1.82) is 0 Å². The number of carbonyl (C=O) groups is 2. The molecule has 23 heavy (non-hydrogen) atoms. The van der Waals surface area contributed by atoms with Crippen molar-refractivity contribution in [1.82, 2.24) is 5.32 Å². The Balaban J connectivity index is 2.07. The molecule has 1 aromatic carbocycles. The predicted octanol–water partition coefficient (Wildman–Crippen LogP) is 4.12. The summed E-state index contributed by atoms with van der Waals surface area (Å²) in [7, 11) is 0. The van der Waals surface area contributed by atoms with E-state index in [1.165, 1.54) is 19.3 Å². The Morgan fingerprint density at radius 1 is 1.09 bits per heavy atom. The molecule has 2 N–H and O–H groups in total. The Labute approximate surface area is 139 Å². The molecule has 0 radical (unpaired) electrons. The standard InChI is InChI=1S/C19H28N2O2/c1-3-14(4-2)18(22)21-17-13-9-8-12-16(17)19(23)20-15-10-6-5-7-11-15/h8-9,12-15H,3-7,10-11H2,1-2H3,(H,20,23)(H,21,22). The highest BCUT2D eigenvalue weighted by molar-refractivity contribution is 6.04. The number of carbonyl (C=O) groups excluding carboxylic acids is 2. The Morgan fingerprint density at radius 2 is 1.74 bits per heavy atom. The van der Waals surface area contributed by atoms with E-state index in [1.54, 1.807) is 12.1 Å². The largest absolute Gasteiger partial charge is 0.349 e. The number of benzene rings is 1. The van der Waals surface area contributed by atoms with Crippen molar-refractivity contribution < 1.29 is 9.59 Å². The first-order valence-electron chi connectivity index (χ1n) is 8.86. The molecule has 1 saturated carbocycles. The van der Waals surface area contributed by atoms with Crippen LogP contribution in [0.4, 0.5) is 5.69 Å². The Morgan fingerprint density at radius 3 is 2.39 bits per heavy atom. The SMILES string of the molecule is CCC(CC)C(=O)Nc1ccccc1C(=O)NC1CCCCC1. The van der Waals surface area contributed by atoms with Crippen LogP contribution in [0.1, 0.15) is 69.2 Å². The first-order chi connectivity index (χ1) is 11.2. The van der Waals surface area contributed by atoms with Gasteiger partial charge in [0.25, 0.3) is 5.91 Å². The zero-order valence-corrected chi connectivity index (χ0v) is 14.2. The predicted molar refractivity (Wildman–Crippen MR) is 93.5 cm³/mol. The van der Waals surface area contributed by atoms with Gasteiger partial charge in [-0.3, -0.25) is 9.59 Å². The van der Waals surface area contributed by atoms with Crippen molar-refractivity contribution in [2.24, 2.45) is 5.92 Å². The summed E-state index contributed by atoms with van der Waals surface area (Å²) in [5, 5.41) is 6.05. The normalized spacial score (nSPS) is 15.4. The van der Waals surface area contributed by atoms with Gasteiger partial charge in [-0.25, -0.2) is 0 Å². The second-order valence-corrected chi connectivity index (χ2v) is 6.36. The van der Waals surface area contributed by atoms with Gasteiger partial charge in [0.1, 0.15) is 0 Å². The number of rotatable bonds is 6. The number of amides is 2. The van der Waals surface area contributed by atoms with Crippen molar-refractivity contribution in [3.05, 3.63) is 29.8 Å². The molecule has 0 unspecified atom stereocenters. The van der Waals surface area contributed by atoms with Gasteiger partial charge < -0.3 is 10.6 Å². The molecule has 1 aliphatic carbocycles. The lowest BCUT2D eigenvalue weighted by atomic mass is 9.95. The third-order valence-corrected chi connectivity index (χ3v) is 4.73. The molecule has 0 atom stereocenters. The monoisotopic (exact) mass is 316 g/mol. The molecule has 1 aromatic rings. The molecule has 126 valence electrons. The first kappa shape index (κ1) is 17.5. The minimum atomic E-state index is -0.0858. The Hall–Kier alpha value is -1.84. The summed E-state index contributed by atoms with van der Waals surface area (Å²) in [6, 6.07) is 7.53. The molecule has 0 bridgehead atoms. The van der Waals surface area contributed by atoms with Gasteiger partial charge in [0.15, 0.2) is 0 Å². The molecular weight excluding hydrogens is 288 g/mol. The van der Waals surface area contributed by atoms with E-state index < -0.39 is 0 Å². The quantitative estimate of drug-likeness (QED) is 0.829. The molecule has 0 aliphatic heterocycles. The van der Waals surface area contributed by atoms with Gasteiger partial charge in [0, 0.05) is 12.0 Å². The molecule has 1 fully saturated rings. The molecule has 4 nitrogen and oxygen atoms in total. The van der Waals surface area contributed by atoms with Gasteiger partial charge in [-0.2, -0.15) is 0 Å². The van der Waals surface area contributed by atoms with E-state index in [9.17, 15) is 9.59 Å². The molecule has 0 saturated heterocycles. The highest BCUT2D eigenvalue weighted by Crippen LogP contribution is 2.21. The zero-order valence-electron chi connectivity index (χ0n) is 14.2. The summed E-state index contributed by atoms with van der Waals surface area (Å²) in [4.78, 5) is 24.9. The number of anilines is 1. The van der Waals surface area contributed by atoms with Gasteiger partial charge in [-0.15, -0.1) is 0 Å². The lowest BCUT2D eigenvalue weighted by molar-refractivity contribution is -0.120. The molecule has 0 heterocycles. The maximum atomic E-state index is 12.6. The van der Waals surface area contributed by atoms with Crippen molar-refractivity contribution in [3.63, 3.8) is 0 Å². The Kier molecular flexibility index (Phi) is 6.63. The summed E-state index contributed by atoms with van der Waals surface area (Å²) in [6.07, 6.45) is 7.32. The lowest BCUT2D eigenvalue weighted by Crippen LogP contribution is -2.36. The van der Waals surface area contributed by atoms with E-state index in [1.807, 2.05) is 26.0 Å². The summed E-state index contributed by atoms with van der Waals surface area (Å²) in [5.74, 6) is -0.102. The van der Waals surface area contributed by atoms with Crippen LogP contribution < -0.4 is 10.6 Å². The van der Waals surface area contributed by atoms with Gasteiger partial charge in [-0.05, 0) is 37.8 Å². The van der Waals surface area contributed by atoms with Gasteiger partial charge in [-0.1, -0.05) is 45.2 Å². The van der Waals surface area contributed by atoms with Crippen molar-refractivity contribution >= 4 is 17.5 Å². The second-order valence-electron chi connectivity index (χ2n) is 6.36. The highest BCUT2D eigenvalue weighted by Gasteiger charge is 2.20. The number of hydrogen-bond donors (Lipinski definition) is 2. The van der Waals surface area contributed by atoms with Crippen LogP contribution in [-0.4, -0.2) is 17.9 Å². The van der Waals surface area contributed by atoms with E-state index in [4.69, 9.17) is 0 Å². The van der Waals surface area contributed by atoms with E-state index in [2.05, 4.69) is 10.6 Å². The van der Waals surface area contributed by atoms with Crippen LogP contribution in [0.15, 0.2) is 24.3 Å². The fraction of sp³-hybridized carbons (Fsp3) is 0.579. The van der Waals surface area contributed by atoms with E-state index in [0.717, 1.165) is 25.7 Å². The average molecular weight is 316 g/mol. The third kappa shape index (κ3) is 4.81. The van der Waals surface area contributed by atoms with Crippen molar-refractivity contribution in [2.75, 3.05) is 5.32 Å².